The fraction of sp³-hybridized carbons (Fsp3) is 0.414. The van der Waals surface area contributed by atoms with Crippen molar-refractivity contribution in [2.75, 3.05) is 18.9 Å². The number of carbonyl (C=O) groups excluding carboxylic acids is 1. The van der Waals surface area contributed by atoms with Crippen LogP contribution in [-0.2, 0) is 23.4 Å². The highest BCUT2D eigenvalue weighted by molar-refractivity contribution is 7.52. The van der Waals surface area contributed by atoms with E-state index in [1.165, 1.54) is 19.2 Å². The van der Waals surface area contributed by atoms with Gasteiger partial charge < -0.3 is 24.8 Å². The van der Waals surface area contributed by atoms with Gasteiger partial charge in [0.2, 0.25) is 0 Å². The van der Waals surface area contributed by atoms with Gasteiger partial charge in [-0.25, -0.2) is 13.8 Å². The Morgan fingerprint density at radius 1 is 1.30 bits per heavy atom. The average molecular weight is 619 g/mol. The van der Waals surface area contributed by atoms with Crippen LogP contribution in [0.4, 0.5) is 10.2 Å². The Bertz CT molecular complexity index is 1590. The predicted octanol–water partition coefficient (Wildman–Crippen LogP) is 3.90. The standard InChI is InChI=1S/C29H36FN4O8P/c1-6-29(24(30)23(35)25(41-29)34-15-14-22(31)32-27(34)37)17-40-43(38,33-18(2)26(36)39-16-28(3,4)5)42-21-13-9-11-19-10-7-8-12-20(19)21/h6-15,18,23-25,35H,1,16-17H2,2-5H3,(H,33,38)(H2,31,32,37)/t18-,23+,24-,25+,29+,43?/m0/s1. The summed E-state index contributed by atoms with van der Waals surface area (Å²) in [5.41, 5.74) is 2.25. The van der Waals surface area contributed by atoms with Crippen LogP contribution < -0.4 is 21.0 Å². The van der Waals surface area contributed by atoms with E-state index in [9.17, 15) is 19.3 Å². The third-order valence-electron chi connectivity index (χ3n) is 6.65. The van der Waals surface area contributed by atoms with Gasteiger partial charge >= 0.3 is 19.4 Å². The molecular formula is C29H36FN4O8P. The van der Waals surface area contributed by atoms with E-state index in [0.717, 1.165) is 16.0 Å². The highest BCUT2D eigenvalue weighted by Crippen LogP contribution is 2.49. The number of aliphatic hydroxyl groups is 1. The largest absolute Gasteiger partial charge is 0.464 e. The van der Waals surface area contributed by atoms with E-state index in [4.69, 9.17) is 24.3 Å². The maximum atomic E-state index is 15.7. The second-order valence-corrected chi connectivity index (χ2v) is 13.2. The van der Waals surface area contributed by atoms with Crippen LogP contribution in [0.2, 0.25) is 0 Å². The summed E-state index contributed by atoms with van der Waals surface area (Å²) in [6.07, 6.45) is -3.33. The maximum absolute atomic E-state index is 15.7. The number of hydrogen-bond acceptors (Lipinski definition) is 10. The van der Waals surface area contributed by atoms with Crippen LogP contribution in [0.15, 0.2) is 72.2 Å². The highest BCUT2D eigenvalue weighted by atomic mass is 31.2. The van der Waals surface area contributed by atoms with Gasteiger partial charge in [-0.15, -0.1) is 6.58 Å². The second kappa shape index (κ2) is 12.6. The molecule has 3 aromatic rings. The molecule has 0 bridgehead atoms. The van der Waals surface area contributed by atoms with Crippen molar-refractivity contribution in [3.8, 4) is 5.75 Å². The van der Waals surface area contributed by atoms with Gasteiger partial charge in [-0.3, -0.25) is 13.9 Å². The lowest BCUT2D eigenvalue weighted by atomic mass is 9.98. The summed E-state index contributed by atoms with van der Waals surface area (Å²) in [5.74, 6) is -0.625. The van der Waals surface area contributed by atoms with Gasteiger partial charge in [-0.2, -0.15) is 10.1 Å². The lowest BCUT2D eigenvalue weighted by molar-refractivity contribution is -0.148. The zero-order valence-electron chi connectivity index (χ0n) is 24.3. The first-order valence-corrected chi connectivity index (χ1v) is 15.1. The average Bonchev–Trinajstić information content (AvgIpc) is 3.20. The van der Waals surface area contributed by atoms with Crippen LogP contribution in [0.25, 0.3) is 10.8 Å². The first-order valence-electron chi connectivity index (χ1n) is 13.5. The summed E-state index contributed by atoms with van der Waals surface area (Å²) in [5, 5.41) is 14.7. The van der Waals surface area contributed by atoms with Crippen molar-refractivity contribution in [2.45, 2.75) is 57.8 Å². The van der Waals surface area contributed by atoms with Gasteiger partial charge in [0.25, 0.3) is 0 Å². The number of benzene rings is 2. The Hall–Kier alpha value is -3.61. The second-order valence-electron chi connectivity index (χ2n) is 11.5. The van der Waals surface area contributed by atoms with Gasteiger partial charge in [0.1, 0.15) is 29.3 Å². The molecule has 1 aliphatic rings. The van der Waals surface area contributed by atoms with Crippen molar-refractivity contribution in [1.82, 2.24) is 14.6 Å². The van der Waals surface area contributed by atoms with E-state index in [1.807, 2.05) is 39.0 Å². The molecule has 2 aromatic carbocycles. The van der Waals surface area contributed by atoms with Crippen molar-refractivity contribution < 1.29 is 37.4 Å². The number of nitrogen functional groups attached to an aromatic ring is 1. The van der Waals surface area contributed by atoms with Crippen LogP contribution in [0, 0.1) is 5.41 Å². The molecule has 4 N–H and O–H groups in total. The SMILES string of the molecule is C=C[C@]1(COP(=O)(N[C@@H](C)C(=O)OCC(C)(C)C)Oc2cccc3ccccc23)O[C@@H](n2ccc(N)nc2=O)[C@H](O)[C@@H]1F. The van der Waals surface area contributed by atoms with Crippen LogP contribution in [0.1, 0.15) is 33.9 Å². The number of nitrogens with two attached hydrogens (primary N) is 1. The number of alkyl halides is 1. The van der Waals surface area contributed by atoms with Crippen LogP contribution in [0.5, 0.6) is 5.75 Å². The quantitative estimate of drug-likeness (QED) is 0.162. The Labute approximate surface area is 248 Å². The van der Waals surface area contributed by atoms with Gasteiger partial charge in [-0.1, -0.05) is 63.2 Å². The lowest BCUT2D eigenvalue weighted by Crippen LogP contribution is -2.43. The molecule has 2 heterocycles. The van der Waals surface area contributed by atoms with Crippen molar-refractivity contribution >= 4 is 30.3 Å². The van der Waals surface area contributed by atoms with E-state index in [0.29, 0.717) is 5.39 Å². The molecule has 232 valence electrons. The van der Waals surface area contributed by atoms with Crippen molar-refractivity contribution in [2.24, 2.45) is 5.41 Å². The Kier molecular flexibility index (Phi) is 9.43. The molecule has 1 saturated heterocycles. The number of carbonyl (C=O) groups is 1. The van der Waals surface area contributed by atoms with Crippen molar-refractivity contribution in [1.29, 1.82) is 0 Å². The van der Waals surface area contributed by atoms with Gasteiger partial charge in [0, 0.05) is 11.6 Å². The monoisotopic (exact) mass is 618 g/mol. The maximum Gasteiger partial charge on any atom is 0.459 e. The third kappa shape index (κ3) is 7.31. The number of aliphatic hydroxyl groups excluding tert-OH is 1. The third-order valence-corrected chi connectivity index (χ3v) is 8.26. The molecular weight excluding hydrogens is 582 g/mol. The van der Waals surface area contributed by atoms with Crippen molar-refractivity contribution in [3.63, 3.8) is 0 Å². The highest BCUT2D eigenvalue weighted by Gasteiger charge is 2.56. The number of fused-ring (bicyclic) bond motifs is 1. The molecule has 6 atom stereocenters. The summed E-state index contributed by atoms with van der Waals surface area (Å²) in [4.78, 5) is 28.7. The minimum atomic E-state index is -4.51. The van der Waals surface area contributed by atoms with Gasteiger partial charge in [0.15, 0.2) is 12.4 Å². The molecule has 0 radical (unpaired) electrons. The molecule has 0 saturated carbocycles. The van der Waals surface area contributed by atoms with Gasteiger partial charge in [0.05, 0.1) is 13.2 Å². The molecule has 1 aromatic heterocycles. The molecule has 1 aliphatic heterocycles. The number of nitrogens with one attached hydrogen (secondary N) is 1. The summed E-state index contributed by atoms with van der Waals surface area (Å²) in [6.45, 7) is 10.0. The first kappa shape index (κ1) is 32.3. The number of halogens is 1. The predicted molar refractivity (Wildman–Crippen MR) is 158 cm³/mol. The summed E-state index contributed by atoms with van der Waals surface area (Å²) in [7, 11) is -4.51. The molecule has 12 nitrogen and oxygen atoms in total. The molecule has 0 aliphatic carbocycles. The summed E-state index contributed by atoms with van der Waals surface area (Å²) in [6, 6.07) is 12.4. The van der Waals surface area contributed by atoms with Crippen LogP contribution in [0.3, 0.4) is 0 Å². The number of anilines is 1. The minimum Gasteiger partial charge on any atom is -0.464 e. The lowest BCUT2D eigenvalue weighted by Gasteiger charge is -2.30. The first-order chi connectivity index (χ1) is 20.2. The number of ether oxygens (including phenoxy) is 2. The topological polar surface area (TPSA) is 164 Å². The summed E-state index contributed by atoms with van der Waals surface area (Å²) < 4.78 is 53.6. The van der Waals surface area contributed by atoms with Crippen LogP contribution in [-0.4, -0.2) is 57.8 Å². The Morgan fingerprint density at radius 2 is 2.00 bits per heavy atom. The van der Waals surface area contributed by atoms with Gasteiger partial charge in [-0.05, 0) is 29.9 Å². The number of nitrogens with zero attached hydrogens (tertiary/aromatic N) is 2. The van der Waals surface area contributed by atoms with E-state index in [2.05, 4.69) is 16.7 Å². The zero-order valence-corrected chi connectivity index (χ0v) is 25.2. The van der Waals surface area contributed by atoms with Crippen molar-refractivity contribution in [3.05, 3.63) is 77.9 Å². The fourth-order valence-electron chi connectivity index (χ4n) is 4.35. The zero-order chi connectivity index (χ0) is 31.6. The van der Waals surface area contributed by atoms with E-state index >= 15 is 4.39 Å². The molecule has 1 unspecified atom stereocenters. The van der Waals surface area contributed by atoms with E-state index in [1.54, 1.807) is 24.3 Å². The molecule has 0 amide bonds. The molecule has 14 heteroatoms. The smallest absolute Gasteiger partial charge is 0.459 e. The van der Waals surface area contributed by atoms with Crippen LogP contribution >= 0.6 is 7.75 Å². The Balaban J connectivity index is 1.63. The molecule has 0 spiro atoms. The molecule has 1 fully saturated rings. The fourth-order valence-corrected chi connectivity index (χ4v) is 5.90. The number of hydrogen-bond donors (Lipinski definition) is 3. The minimum absolute atomic E-state index is 0.0726. The number of rotatable bonds is 11. The summed E-state index contributed by atoms with van der Waals surface area (Å²) >= 11 is 0. The van der Waals surface area contributed by atoms with E-state index < -0.39 is 56.2 Å². The molecule has 43 heavy (non-hydrogen) atoms. The normalized spacial score (nSPS) is 24.3. The van der Waals surface area contributed by atoms with E-state index in [-0.39, 0.29) is 23.6 Å². The Morgan fingerprint density at radius 3 is 2.67 bits per heavy atom. The number of esters is 1. The molecule has 4 rings (SSSR count). The number of aromatic nitrogens is 2.